The molecule has 1 atom stereocenters. The predicted octanol–water partition coefficient (Wildman–Crippen LogP) is 4.08. The summed E-state index contributed by atoms with van der Waals surface area (Å²) in [6.45, 7) is 16.2. The lowest BCUT2D eigenvalue weighted by atomic mass is 10.1. The molecule has 0 bridgehead atoms. The van der Waals surface area contributed by atoms with Crippen molar-refractivity contribution in [1.29, 1.82) is 0 Å². The minimum absolute atomic E-state index is 0.0402. The molecule has 0 aromatic heterocycles. The van der Waals surface area contributed by atoms with Crippen LogP contribution in [0.25, 0.3) is 0 Å². The molecule has 1 fully saturated rings. The summed E-state index contributed by atoms with van der Waals surface area (Å²) >= 11 is 0. The Morgan fingerprint density at radius 1 is 1.25 bits per heavy atom. The van der Waals surface area contributed by atoms with E-state index in [9.17, 15) is 4.79 Å². The van der Waals surface area contributed by atoms with Crippen molar-refractivity contribution in [2.24, 2.45) is 0 Å². The number of amides is 1. The fraction of sp³-hybridized carbons (Fsp3) is 0.571. The van der Waals surface area contributed by atoms with Crippen LogP contribution in [-0.4, -0.2) is 52.5 Å². The smallest absolute Gasteiger partial charge is 0.256 e. The van der Waals surface area contributed by atoms with E-state index in [1.165, 1.54) is 14.2 Å². The first-order chi connectivity index (χ1) is 12.9. The van der Waals surface area contributed by atoms with E-state index in [0.717, 1.165) is 12.0 Å². The second kappa shape index (κ2) is 8.17. The fourth-order valence-electron chi connectivity index (χ4n) is 3.02. The van der Waals surface area contributed by atoms with E-state index in [4.69, 9.17) is 19.6 Å². The van der Waals surface area contributed by atoms with E-state index in [1.807, 2.05) is 4.90 Å². The van der Waals surface area contributed by atoms with Gasteiger partial charge in [-0.25, -0.2) is 0 Å². The van der Waals surface area contributed by atoms with Gasteiger partial charge >= 0.3 is 0 Å². The molecule has 2 rings (SSSR count). The van der Waals surface area contributed by atoms with Gasteiger partial charge in [0.05, 0.1) is 32.4 Å². The minimum atomic E-state index is -1.90. The van der Waals surface area contributed by atoms with Crippen LogP contribution in [0.4, 0.5) is 5.69 Å². The van der Waals surface area contributed by atoms with Crippen molar-refractivity contribution < 1.29 is 18.7 Å². The lowest BCUT2D eigenvalue weighted by molar-refractivity contribution is 0.0686. The molecule has 0 radical (unpaired) electrons. The first-order valence-electron chi connectivity index (χ1n) is 9.54. The van der Waals surface area contributed by atoms with Crippen molar-refractivity contribution >= 4 is 19.9 Å². The van der Waals surface area contributed by atoms with Crippen molar-refractivity contribution in [3.63, 3.8) is 0 Å². The zero-order valence-corrected chi connectivity index (χ0v) is 19.2. The monoisotopic (exact) mass is 406 g/mol. The zero-order valence-electron chi connectivity index (χ0n) is 18.2. The van der Waals surface area contributed by atoms with Gasteiger partial charge in [-0.05, 0) is 30.6 Å². The van der Waals surface area contributed by atoms with Crippen molar-refractivity contribution in [3.05, 3.63) is 29.8 Å². The van der Waals surface area contributed by atoms with Crippen LogP contribution in [0.2, 0.25) is 18.1 Å². The molecule has 2 N–H and O–H groups in total. The number of methoxy groups -OCH3 is 2. The van der Waals surface area contributed by atoms with Gasteiger partial charge in [0.15, 0.2) is 19.8 Å². The van der Waals surface area contributed by atoms with Crippen LogP contribution in [0.3, 0.4) is 0 Å². The number of nitrogens with zero attached hydrogens (tertiary/aromatic N) is 1. The maximum Gasteiger partial charge on any atom is 0.256 e. The van der Waals surface area contributed by atoms with Gasteiger partial charge in [0, 0.05) is 18.3 Å². The highest BCUT2D eigenvalue weighted by atomic mass is 28.4. The van der Waals surface area contributed by atoms with Crippen LogP contribution in [0.1, 0.15) is 37.6 Å². The third kappa shape index (κ3) is 4.52. The van der Waals surface area contributed by atoms with Gasteiger partial charge in [-0.15, -0.1) is 0 Å². The highest BCUT2D eigenvalue weighted by molar-refractivity contribution is 6.74. The molecule has 0 aliphatic carbocycles. The molecule has 7 heteroatoms. The van der Waals surface area contributed by atoms with Crippen LogP contribution >= 0.6 is 0 Å². The molecule has 1 amide bonds. The summed E-state index contributed by atoms with van der Waals surface area (Å²) in [5, 5.41) is 0.116. The number of ether oxygens (including phenoxy) is 2. The molecule has 1 heterocycles. The summed E-state index contributed by atoms with van der Waals surface area (Å²) in [6.07, 6.45) is 0.744. The number of rotatable bonds is 6. The number of nitrogen functional groups attached to an aromatic ring is 1. The fourth-order valence-corrected chi connectivity index (χ4v) is 4.06. The molecular weight excluding hydrogens is 372 g/mol. The van der Waals surface area contributed by atoms with Gasteiger partial charge in [-0.3, -0.25) is 4.79 Å². The Morgan fingerprint density at radius 2 is 1.82 bits per heavy atom. The largest absolute Gasteiger partial charge is 0.493 e. The second-order valence-corrected chi connectivity index (χ2v) is 13.7. The number of nitrogens with two attached hydrogens (primary N) is 1. The van der Waals surface area contributed by atoms with Crippen molar-refractivity contribution in [1.82, 2.24) is 4.90 Å². The Balaban J connectivity index is 2.25. The van der Waals surface area contributed by atoms with Crippen LogP contribution in [-0.2, 0) is 4.43 Å². The van der Waals surface area contributed by atoms with Crippen molar-refractivity contribution in [2.45, 2.75) is 51.4 Å². The third-order valence-electron chi connectivity index (χ3n) is 5.85. The molecule has 1 aromatic rings. The summed E-state index contributed by atoms with van der Waals surface area (Å²) in [7, 11) is 1.17. The van der Waals surface area contributed by atoms with Gasteiger partial charge in [0.2, 0.25) is 0 Å². The number of carbonyl (C=O) groups is 1. The Hall–Kier alpha value is -1.99. The van der Waals surface area contributed by atoms with E-state index in [0.29, 0.717) is 35.9 Å². The first kappa shape index (κ1) is 22.3. The molecule has 1 saturated heterocycles. The normalized spacial score (nSPS) is 17.8. The lowest BCUT2D eigenvalue weighted by Gasteiger charge is -2.38. The standard InChI is InChI=1S/C21H34N2O4Si/c1-14-9-15(13-27-28(7,8)21(2,3)4)23(12-14)20(24)16-10-18(25-5)19(26-6)11-17(16)22/h10-11,15H,1,9,12-13,22H2,2-8H3/t15-/m0/s1. The third-order valence-corrected chi connectivity index (χ3v) is 10.3. The van der Waals surface area contributed by atoms with Gasteiger partial charge in [-0.1, -0.05) is 32.9 Å². The number of benzene rings is 1. The van der Waals surface area contributed by atoms with Crippen LogP contribution in [0, 0.1) is 0 Å². The molecule has 0 saturated carbocycles. The molecule has 1 aromatic carbocycles. The van der Waals surface area contributed by atoms with Crippen molar-refractivity contribution in [2.75, 3.05) is 33.1 Å². The van der Waals surface area contributed by atoms with Gasteiger partial charge in [0.25, 0.3) is 5.91 Å². The van der Waals surface area contributed by atoms with Crippen LogP contribution in [0.5, 0.6) is 11.5 Å². The molecule has 156 valence electrons. The molecular formula is C21H34N2O4Si. The van der Waals surface area contributed by atoms with Crippen LogP contribution < -0.4 is 15.2 Å². The van der Waals surface area contributed by atoms with E-state index < -0.39 is 8.32 Å². The number of hydrogen-bond acceptors (Lipinski definition) is 5. The molecule has 0 unspecified atom stereocenters. The highest BCUT2D eigenvalue weighted by Gasteiger charge is 2.40. The topological polar surface area (TPSA) is 74.0 Å². The molecule has 1 aliphatic rings. The quantitative estimate of drug-likeness (QED) is 0.438. The average Bonchev–Trinajstić information content (AvgIpc) is 2.99. The molecule has 0 spiro atoms. The predicted molar refractivity (Wildman–Crippen MR) is 116 cm³/mol. The van der Waals surface area contributed by atoms with E-state index >= 15 is 0 Å². The zero-order chi connectivity index (χ0) is 21.3. The molecule has 1 aliphatic heterocycles. The lowest BCUT2D eigenvalue weighted by Crippen LogP contribution is -2.46. The average molecular weight is 407 g/mol. The molecule has 6 nitrogen and oxygen atoms in total. The Labute approximate surface area is 169 Å². The van der Waals surface area contributed by atoms with Gasteiger partial charge in [-0.2, -0.15) is 0 Å². The second-order valence-electron chi connectivity index (χ2n) is 8.91. The summed E-state index contributed by atoms with van der Waals surface area (Å²) < 4.78 is 17.0. The number of hydrogen-bond donors (Lipinski definition) is 1. The van der Waals surface area contributed by atoms with E-state index in [2.05, 4.69) is 40.4 Å². The summed E-state index contributed by atoms with van der Waals surface area (Å²) in [4.78, 5) is 15.1. The van der Waals surface area contributed by atoms with Gasteiger partial charge < -0.3 is 24.5 Å². The van der Waals surface area contributed by atoms with E-state index in [-0.39, 0.29) is 17.0 Å². The number of carbonyl (C=O) groups excluding carboxylic acids is 1. The SMILES string of the molecule is C=C1C[C@@H](CO[Si](C)(C)C(C)(C)C)N(C(=O)c2cc(OC)c(OC)cc2N)C1. The summed E-state index contributed by atoms with van der Waals surface area (Å²) in [6, 6.07) is 3.23. The Bertz CT molecular complexity index is 756. The first-order valence-corrected chi connectivity index (χ1v) is 12.4. The van der Waals surface area contributed by atoms with Crippen LogP contribution in [0.15, 0.2) is 24.3 Å². The minimum Gasteiger partial charge on any atom is -0.493 e. The Morgan fingerprint density at radius 3 is 2.36 bits per heavy atom. The maximum atomic E-state index is 13.3. The summed E-state index contributed by atoms with van der Waals surface area (Å²) in [5.41, 5.74) is 7.94. The molecule has 28 heavy (non-hydrogen) atoms. The van der Waals surface area contributed by atoms with E-state index in [1.54, 1.807) is 12.1 Å². The summed E-state index contributed by atoms with van der Waals surface area (Å²) in [5.74, 6) is 0.841. The van der Waals surface area contributed by atoms with Crippen molar-refractivity contribution in [3.8, 4) is 11.5 Å². The number of anilines is 1. The van der Waals surface area contributed by atoms with Gasteiger partial charge in [0.1, 0.15) is 0 Å². The number of likely N-dealkylation sites (tertiary alicyclic amines) is 1. The highest BCUT2D eigenvalue weighted by Crippen LogP contribution is 2.38. The maximum absolute atomic E-state index is 13.3. The Kier molecular flexibility index (Phi) is 6.50.